The lowest BCUT2D eigenvalue weighted by Gasteiger charge is -2.15. The molecule has 2 amide bonds. The van der Waals surface area contributed by atoms with E-state index < -0.39 is 0 Å². The highest BCUT2D eigenvalue weighted by molar-refractivity contribution is 5.85. The van der Waals surface area contributed by atoms with Gasteiger partial charge in [0.2, 0.25) is 11.8 Å². The molecule has 124 valence electrons. The summed E-state index contributed by atoms with van der Waals surface area (Å²) in [5.41, 5.74) is 7.03. The number of hydrogen-bond donors (Lipinski definition) is 3. The van der Waals surface area contributed by atoms with Crippen LogP contribution in [0.1, 0.15) is 18.5 Å². The summed E-state index contributed by atoms with van der Waals surface area (Å²) in [6.45, 7) is 1.67. The number of aromatic nitrogens is 2. The van der Waals surface area contributed by atoms with Crippen molar-refractivity contribution in [3.05, 3.63) is 48.3 Å². The normalized spacial score (nSPS) is 11.2. The Bertz CT molecular complexity index is 645. The molecule has 2 rings (SSSR count). The number of nitrogens with zero attached hydrogens (tertiary/aromatic N) is 2. The maximum atomic E-state index is 11.8. The quantitative estimate of drug-likeness (QED) is 0.716. The van der Waals surface area contributed by atoms with Crippen molar-refractivity contribution in [3.63, 3.8) is 0 Å². The summed E-state index contributed by atoms with van der Waals surface area (Å²) >= 11 is 0. The predicted molar refractivity (Wildman–Crippen MR) is 89.4 cm³/mol. The molecule has 0 spiro atoms. The standard InChI is InChI=1S/C15H19N5O2.ClH/c1-11(19-15(22)10-17-14(21)9-16)12-4-2-5-13(8-12)20-7-3-6-18-20;/h2-8,11H,9-10,16H2,1H3,(H,17,21)(H,19,22);1H. The molecule has 0 bridgehead atoms. The second-order valence-corrected chi connectivity index (χ2v) is 4.82. The van der Waals surface area contributed by atoms with E-state index >= 15 is 0 Å². The maximum Gasteiger partial charge on any atom is 0.239 e. The lowest BCUT2D eigenvalue weighted by atomic mass is 10.1. The number of rotatable bonds is 6. The predicted octanol–water partition coefficient (Wildman–Crippen LogP) is 0.546. The van der Waals surface area contributed by atoms with Crippen LogP contribution in [-0.4, -0.2) is 34.7 Å². The molecule has 0 fully saturated rings. The lowest BCUT2D eigenvalue weighted by molar-refractivity contribution is -0.125. The van der Waals surface area contributed by atoms with Gasteiger partial charge in [0.05, 0.1) is 24.8 Å². The van der Waals surface area contributed by atoms with Gasteiger partial charge in [0.15, 0.2) is 0 Å². The molecule has 1 unspecified atom stereocenters. The summed E-state index contributed by atoms with van der Waals surface area (Å²) in [5, 5.41) is 9.43. The molecular formula is C15H20ClN5O2. The molecule has 8 heteroatoms. The number of carbonyl (C=O) groups excluding carboxylic acids is 2. The molecule has 1 aromatic carbocycles. The van der Waals surface area contributed by atoms with Gasteiger partial charge in [-0.2, -0.15) is 5.10 Å². The molecule has 1 aromatic heterocycles. The summed E-state index contributed by atoms with van der Waals surface area (Å²) < 4.78 is 1.75. The number of nitrogens with one attached hydrogen (secondary N) is 2. The van der Waals surface area contributed by atoms with Crippen molar-refractivity contribution in [2.24, 2.45) is 5.73 Å². The van der Waals surface area contributed by atoms with Gasteiger partial charge in [-0.1, -0.05) is 12.1 Å². The number of nitrogens with two attached hydrogens (primary N) is 1. The highest BCUT2D eigenvalue weighted by atomic mass is 35.5. The van der Waals surface area contributed by atoms with Crippen LogP contribution in [0.5, 0.6) is 0 Å². The monoisotopic (exact) mass is 337 g/mol. The average Bonchev–Trinajstić information content (AvgIpc) is 3.07. The smallest absolute Gasteiger partial charge is 0.239 e. The molecule has 0 saturated heterocycles. The molecule has 4 N–H and O–H groups in total. The fourth-order valence-corrected chi connectivity index (χ4v) is 1.99. The molecule has 0 radical (unpaired) electrons. The summed E-state index contributed by atoms with van der Waals surface area (Å²) in [5.74, 6) is -0.623. The fourth-order valence-electron chi connectivity index (χ4n) is 1.99. The van der Waals surface area contributed by atoms with Gasteiger partial charge < -0.3 is 16.4 Å². The molecule has 1 atom stereocenters. The molecule has 2 aromatic rings. The van der Waals surface area contributed by atoms with Gasteiger partial charge in [0.25, 0.3) is 0 Å². The first-order chi connectivity index (χ1) is 10.6. The Labute approximate surface area is 140 Å². The van der Waals surface area contributed by atoms with Crippen molar-refractivity contribution < 1.29 is 9.59 Å². The molecule has 0 aliphatic heterocycles. The molecule has 0 saturated carbocycles. The van der Waals surface area contributed by atoms with Gasteiger partial charge in [0, 0.05) is 12.4 Å². The average molecular weight is 338 g/mol. The highest BCUT2D eigenvalue weighted by Gasteiger charge is 2.11. The van der Waals surface area contributed by atoms with E-state index in [9.17, 15) is 9.59 Å². The van der Waals surface area contributed by atoms with E-state index in [-0.39, 0.29) is 43.4 Å². The van der Waals surface area contributed by atoms with Crippen LogP contribution in [0.3, 0.4) is 0 Å². The van der Waals surface area contributed by atoms with E-state index in [1.54, 1.807) is 10.9 Å². The van der Waals surface area contributed by atoms with Crippen molar-refractivity contribution in [2.75, 3.05) is 13.1 Å². The first-order valence-corrected chi connectivity index (χ1v) is 6.96. The SMILES string of the molecule is CC(NC(=O)CNC(=O)CN)c1cccc(-n2cccn2)c1.Cl. The zero-order chi connectivity index (χ0) is 15.9. The van der Waals surface area contributed by atoms with Crippen LogP contribution in [0.25, 0.3) is 5.69 Å². The zero-order valence-electron chi connectivity index (χ0n) is 12.7. The van der Waals surface area contributed by atoms with Crippen LogP contribution in [-0.2, 0) is 9.59 Å². The minimum absolute atomic E-state index is 0. The summed E-state index contributed by atoms with van der Waals surface area (Å²) in [4.78, 5) is 22.8. The number of amides is 2. The third-order valence-corrected chi connectivity index (χ3v) is 3.15. The van der Waals surface area contributed by atoms with E-state index in [1.807, 2.05) is 43.5 Å². The van der Waals surface area contributed by atoms with Crippen molar-refractivity contribution in [3.8, 4) is 5.69 Å². The van der Waals surface area contributed by atoms with E-state index in [0.717, 1.165) is 11.3 Å². The Morgan fingerprint density at radius 2 is 2.09 bits per heavy atom. The topological polar surface area (TPSA) is 102 Å². The van der Waals surface area contributed by atoms with E-state index in [0.29, 0.717) is 0 Å². The number of halogens is 1. The molecule has 1 heterocycles. The van der Waals surface area contributed by atoms with Gasteiger partial charge >= 0.3 is 0 Å². The minimum atomic E-state index is -0.358. The van der Waals surface area contributed by atoms with E-state index in [1.165, 1.54) is 0 Å². The van der Waals surface area contributed by atoms with Crippen LogP contribution in [0, 0.1) is 0 Å². The van der Waals surface area contributed by atoms with Crippen LogP contribution >= 0.6 is 12.4 Å². The minimum Gasteiger partial charge on any atom is -0.348 e. The summed E-state index contributed by atoms with van der Waals surface area (Å²) in [7, 11) is 0. The van der Waals surface area contributed by atoms with E-state index in [4.69, 9.17) is 5.73 Å². The highest BCUT2D eigenvalue weighted by Crippen LogP contribution is 2.16. The van der Waals surface area contributed by atoms with Crippen molar-refractivity contribution in [2.45, 2.75) is 13.0 Å². The molecule has 0 aliphatic rings. The molecule has 0 aliphatic carbocycles. The van der Waals surface area contributed by atoms with Crippen LogP contribution in [0.2, 0.25) is 0 Å². The van der Waals surface area contributed by atoms with Crippen molar-refractivity contribution in [1.82, 2.24) is 20.4 Å². The second-order valence-electron chi connectivity index (χ2n) is 4.82. The van der Waals surface area contributed by atoms with Crippen LogP contribution in [0.15, 0.2) is 42.7 Å². The Morgan fingerprint density at radius 3 is 2.74 bits per heavy atom. The van der Waals surface area contributed by atoms with Crippen molar-refractivity contribution in [1.29, 1.82) is 0 Å². The first-order valence-electron chi connectivity index (χ1n) is 6.96. The van der Waals surface area contributed by atoms with Gasteiger partial charge in [0.1, 0.15) is 0 Å². The van der Waals surface area contributed by atoms with Gasteiger partial charge in [-0.05, 0) is 30.7 Å². The summed E-state index contributed by atoms with van der Waals surface area (Å²) in [6, 6.07) is 9.39. The molecule has 23 heavy (non-hydrogen) atoms. The first kappa shape index (κ1) is 18.7. The Kier molecular flexibility index (Phi) is 7.24. The molecule has 7 nitrogen and oxygen atoms in total. The fraction of sp³-hybridized carbons (Fsp3) is 0.267. The van der Waals surface area contributed by atoms with Gasteiger partial charge in [-0.15, -0.1) is 12.4 Å². The van der Waals surface area contributed by atoms with Crippen molar-refractivity contribution >= 4 is 24.2 Å². The number of benzene rings is 1. The Balaban J connectivity index is 0.00000264. The largest absolute Gasteiger partial charge is 0.348 e. The van der Waals surface area contributed by atoms with E-state index in [2.05, 4.69) is 15.7 Å². The Morgan fingerprint density at radius 1 is 1.30 bits per heavy atom. The third-order valence-electron chi connectivity index (χ3n) is 3.15. The second kappa shape index (κ2) is 8.92. The Hall–Kier alpha value is -2.38. The number of hydrogen-bond acceptors (Lipinski definition) is 4. The van der Waals surface area contributed by atoms with Gasteiger partial charge in [-0.25, -0.2) is 4.68 Å². The van der Waals surface area contributed by atoms with Crippen LogP contribution < -0.4 is 16.4 Å². The lowest BCUT2D eigenvalue weighted by Crippen LogP contribution is -2.40. The maximum absolute atomic E-state index is 11.8. The number of carbonyl (C=O) groups is 2. The third kappa shape index (κ3) is 5.39. The van der Waals surface area contributed by atoms with Crippen LogP contribution in [0.4, 0.5) is 0 Å². The summed E-state index contributed by atoms with van der Waals surface area (Å²) in [6.07, 6.45) is 3.56. The zero-order valence-corrected chi connectivity index (χ0v) is 13.5. The molecular weight excluding hydrogens is 318 g/mol. The van der Waals surface area contributed by atoms with Gasteiger partial charge in [-0.3, -0.25) is 9.59 Å².